The van der Waals surface area contributed by atoms with Gasteiger partial charge in [0.25, 0.3) is 0 Å². The van der Waals surface area contributed by atoms with Crippen molar-refractivity contribution in [3.63, 3.8) is 0 Å². The van der Waals surface area contributed by atoms with Crippen molar-refractivity contribution in [2.75, 3.05) is 32.1 Å². The van der Waals surface area contributed by atoms with E-state index in [4.69, 9.17) is 16.3 Å². The van der Waals surface area contributed by atoms with Gasteiger partial charge in [-0.1, -0.05) is 11.6 Å². The number of carbonyl (C=O) groups is 1. The number of anilines is 1. The Morgan fingerprint density at radius 3 is 2.56 bits per heavy atom. The fourth-order valence-corrected chi connectivity index (χ4v) is 3.18. The van der Waals surface area contributed by atoms with Crippen molar-refractivity contribution in [1.29, 1.82) is 0 Å². The average Bonchev–Trinajstić information content (AvgIpc) is 2.27. The predicted octanol–water partition coefficient (Wildman–Crippen LogP) is 3.04. The molecular formula is C11H13Br2ClN2O2. The normalized spacial score (nSPS) is 10.2. The SMILES string of the molecule is COCCNC(=O)CNc1c(Br)cc(Cl)cc1Br. The second-order valence-corrected chi connectivity index (χ2v) is 5.59. The molecule has 100 valence electrons. The first-order valence-corrected chi connectivity index (χ1v) is 7.15. The predicted molar refractivity (Wildman–Crippen MR) is 80.2 cm³/mol. The first kappa shape index (κ1) is 15.8. The van der Waals surface area contributed by atoms with Gasteiger partial charge in [-0.25, -0.2) is 0 Å². The van der Waals surface area contributed by atoms with Crippen molar-refractivity contribution in [2.45, 2.75) is 0 Å². The zero-order valence-corrected chi connectivity index (χ0v) is 13.7. The van der Waals surface area contributed by atoms with E-state index in [2.05, 4.69) is 42.5 Å². The topological polar surface area (TPSA) is 50.4 Å². The number of nitrogens with one attached hydrogen (secondary N) is 2. The zero-order valence-electron chi connectivity index (χ0n) is 9.73. The third kappa shape index (κ3) is 5.14. The van der Waals surface area contributed by atoms with Gasteiger partial charge in [-0.2, -0.15) is 0 Å². The molecule has 18 heavy (non-hydrogen) atoms. The van der Waals surface area contributed by atoms with Gasteiger partial charge in [0.05, 0.1) is 18.8 Å². The molecule has 2 N–H and O–H groups in total. The van der Waals surface area contributed by atoms with Gasteiger partial charge in [0.1, 0.15) is 0 Å². The number of methoxy groups -OCH3 is 1. The summed E-state index contributed by atoms with van der Waals surface area (Å²) in [7, 11) is 1.59. The third-order valence-corrected chi connectivity index (χ3v) is 3.53. The molecule has 0 saturated carbocycles. The minimum Gasteiger partial charge on any atom is -0.383 e. The van der Waals surface area contributed by atoms with Crippen LogP contribution in [0.4, 0.5) is 5.69 Å². The van der Waals surface area contributed by atoms with Gasteiger partial charge in [-0.05, 0) is 44.0 Å². The maximum Gasteiger partial charge on any atom is 0.239 e. The molecule has 0 aliphatic rings. The van der Waals surface area contributed by atoms with E-state index in [0.29, 0.717) is 18.2 Å². The Labute approximate surface area is 128 Å². The number of rotatable bonds is 6. The van der Waals surface area contributed by atoms with E-state index in [1.165, 1.54) is 0 Å². The molecule has 0 aliphatic carbocycles. The summed E-state index contributed by atoms with van der Waals surface area (Å²) in [6, 6.07) is 3.52. The molecule has 0 unspecified atom stereocenters. The lowest BCUT2D eigenvalue weighted by Gasteiger charge is -2.11. The maximum absolute atomic E-state index is 11.5. The first-order chi connectivity index (χ1) is 8.54. The molecule has 0 saturated heterocycles. The standard InChI is InChI=1S/C11H13Br2ClN2O2/c1-18-3-2-15-10(17)6-16-11-8(12)4-7(14)5-9(11)13/h4-5,16H,2-3,6H2,1H3,(H,15,17). The van der Waals surface area contributed by atoms with Crippen molar-refractivity contribution in [1.82, 2.24) is 5.32 Å². The number of benzene rings is 1. The van der Waals surface area contributed by atoms with Crippen LogP contribution < -0.4 is 10.6 Å². The first-order valence-electron chi connectivity index (χ1n) is 5.18. The molecule has 1 amide bonds. The molecule has 0 heterocycles. The van der Waals surface area contributed by atoms with Crippen LogP contribution in [-0.4, -0.2) is 32.7 Å². The van der Waals surface area contributed by atoms with E-state index in [0.717, 1.165) is 14.6 Å². The number of amides is 1. The molecule has 0 bridgehead atoms. The fourth-order valence-electron chi connectivity index (χ4n) is 1.23. The van der Waals surface area contributed by atoms with E-state index in [9.17, 15) is 4.79 Å². The average molecular weight is 400 g/mol. The Balaban J connectivity index is 2.51. The van der Waals surface area contributed by atoms with Crippen LogP contribution in [0.25, 0.3) is 0 Å². The van der Waals surface area contributed by atoms with Gasteiger partial charge in [0.2, 0.25) is 5.91 Å². The van der Waals surface area contributed by atoms with Crippen LogP contribution >= 0.6 is 43.5 Å². The summed E-state index contributed by atoms with van der Waals surface area (Å²) in [5.41, 5.74) is 0.793. The summed E-state index contributed by atoms with van der Waals surface area (Å²) < 4.78 is 6.44. The van der Waals surface area contributed by atoms with E-state index in [1.807, 2.05) is 0 Å². The number of hydrogen-bond acceptors (Lipinski definition) is 3. The van der Waals surface area contributed by atoms with Crippen LogP contribution in [0, 0.1) is 0 Å². The van der Waals surface area contributed by atoms with E-state index >= 15 is 0 Å². The van der Waals surface area contributed by atoms with Gasteiger partial charge >= 0.3 is 0 Å². The van der Waals surface area contributed by atoms with Crippen LogP contribution in [0.3, 0.4) is 0 Å². The zero-order chi connectivity index (χ0) is 13.5. The summed E-state index contributed by atoms with van der Waals surface area (Å²) in [5, 5.41) is 6.37. The highest BCUT2D eigenvalue weighted by Gasteiger charge is 2.08. The smallest absolute Gasteiger partial charge is 0.239 e. The molecule has 0 atom stereocenters. The van der Waals surface area contributed by atoms with Gasteiger partial charge in [-0.3, -0.25) is 4.79 Å². The Kier molecular flexibility index (Phi) is 6.99. The Morgan fingerprint density at radius 1 is 1.39 bits per heavy atom. The van der Waals surface area contributed by atoms with Crippen molar-refractivity contribution < 1.29 is 9.53 Å². The third-order valence-electron chi connectivity index (χ3n) is 2.06. The molecular weight excluding hydrogens is 387 g/mol. The fraction of sp³-hybridized carbons (Fsp3) is 0.364. The second-order valence-electron chi connectivity index (χ2n) is 3.44. The highest BCUT2D eigenvalue weighted by Crippen LogP contribution is 2.33. The Morgan fingerprint density at radius 2 is 2.00 bits per heavy atom. The highest BCUT2D eigenvalue weighted by atomic mass is 79.9. The quantitative estimate of drug-likeness (QED) is 0.722. The van der Waals surface area contributed by atoms with E-state index in [-0.39, 0.29) is 12.5 Å². The lowest BCUT2D eigenvalue weighted by atomic mass is 10.3. The van der Waals surface area contributed by atoms with Crippen LogP contribution in [0.5, 0.6) is 0 Å². The molecule has 0 radical (unpaired) electrons. The molecule has 1 aromatic carbocycles. The van der Waals surface area contributed by atoms with Gasteiger partial charge < -0.3 is 15.4 Å². The Bertz CT molecular complexity index is 406. The lowest BCUT2D eigenvalue weighted by molar-refractivity contribution is -0.119. The Hall–Kier alpha value is -0.300. The number of hydrogen-bond donors (Lipinski definition) is 2. The van der Waals surface area contributed by atoms with Crippen molar-refractivity contribution in [2.24, 2.45) is 0 Å². The minimum atomic E-state index is -0.0965. The largest absolute Gasteiger partial charge is 0.383 e. The van der Waals surface area contributed by atoms with E-state index < -0.39 is 0 Å². The maximum atomic E-state index is 11.5. The van der Waals surface area contributed by atoms with Gasteiger partial charge in [0, 0.05) is 27.6 Å². The molecule has 0 spiro atoms. The molecule has 0 aromatic heterocycles. The highest BCUT2D eigenvalue weighted by molar-refractivity contribution is 9.11. The monoisotopic (exact) mass is 398 g/mol. The summed E-state index contributed by atoms with van der Waals surface area (Å²) >= 11 is 12.7. The molecule has 1 aromatic rings. The molecule has 0 aliphatic heterocycles. The van der Waals surface area contributed by atoms with Crippen molar-refractivity contribution in [3.05, 3.63) is 26.1 Å². The molecule has 1 rings (SSSR count). The van der Waals surface area contributed by atoms with Gasteiger partial charge in [-0.15, -0.1) is 0 Å². The summed E-state index contributed by atoms with van der Waals surface area (Å²) in [5.74, 6) is -0.0965. The van der Waals surface area contributed by atoms with E-state index in [1.54, 1.807) is 19.2 Å². The van der Waals surface area contributed by atoms with Crippen LogP contribution in [0.1, 0.15) is 0 Å². The number of ether oxygens (including phenoxy) is 1. The summed E-state index contributed by atoms with van der Waals surface area (Å²) in [6.45, 7) is 1.18. The van der Waals surface area contributed by atoms with Crippen molar-refractivity contribution in [3.8, 4) is 0 Å². The minimum absolute atomic E-state index is 0.0965. The molecule has 7 heteroatoms. The van der Waals surface area contributed by atoms with Crippen molar-refractivity contribution >= 4 is 55.1 Å². The van der Waals surface area contributed by atoms with Gasteiger partial charge in [0.15, 0.2) is 0 Å². The summed E-state index contributed by atoms with van der Waals surface area (Å²) in [6.07, 6.45) is 0. The number of halogens is 3. The molecule has 4 nitrogen and oxygen atoms in total. The molecule has 0 fully saturated rings. The summed E-state index contributed by atoms with van der Waals surface area (Å²) in [4.78, 5) is 11.5. The second kappa shape index (κ2) is 7.99. The number of carbonyl (C=O) groups excluding carboxylic acids is 1. The van der Waals surface area contributed by atoms with Crippen LogP contribution in [0.15, 0.2) is 21.1 Å². The van der Waals surface area contributed by atoms with Crippen LogP contribution in [0.2, 0.25) is 5.02 Å². The van der Waals surface area contributed by atoms with Crippen LogP contribution in [-0.2, 0) is 9.53 Å². The lowest BCUT2D eigenvalue weighted by Crippen LogP contribution is -2.32.